The van der Waals surface area contributed by atoms with Crippen molar-refractivity contribution in [2.24, 2.45) is 0 Å². The van der Waals surface area contributed by atoms with E-state index in [2.05, 4.69) is 15.1 Å². The van der Waals surface area contributed by atoms with Gasteiger partial charge in [0.25, 0.3) is 0 Å². The third-order valence-electron chi connectivity index (χ3n) is 5.92. The summed E-state index contributed by atoms with van der Waals surface area (Å²) in [6.07, 6.45) is 4.60. The summed E-state index contributed by atoms with van der Waals surface area (Å²) in [7, 11) is -3.84. The summed E-state index contributed by atoms with van der Waals surface area (Å²) in [4.78, 5) is 8.53. The Kier molecular flexibility index (Phi) is 6.49. The highest BCUT2D eigenvalue weighted by Gasteiger charge is 2.34. The average Bonchev–Trinajstić information content (AvgIpc) is 3.56. The van der Waals surface area contributed by atoms with E-state index >= 15 is 0 Å². The fourth-order valence-corrected chi connectivity index (χ4v) is 5.68. The van der Waals surface area contributed by atoms with E-state index in [0.29, 0.717) is 16.8 Å². The predicted molar refractivity (Wildman–Crippen MR) is 135 cm³/mol. The lowest BCUT2D eigenvalue weighted by Crippen LogP contribution is -2.37. The summed E-state index contributed by atoms with van der Waals surface area (Å²) in [6, 6.07) is 27.5. The Morgan fingerprint density at radius 1 is 0.833 bits per heavy atom. The Bertz CT molecular complexity index is 1520. The van der Waals surface area contributed by atoms with Crippen molar-refractivity contribution in [2.75, 3.05) is 0 Å². The van der Waals surface area contributed by atoms with Crippen molar-refractivity contribution in [1.29, 1.82) is 0 Å². The maximum Gasteiger partial charge on any atom is 0.228 e. The molecule has 0 aliphatic rings. The van der Waals surface area contributed by atoms with E-state index in [4.69, 9.17) is 0 Å². The standard InChI is InChI=1S/C27H25N5O3S/c33-27(19-32-21-28-20-29-32,24-14-8-3-9-15-24)18-31-16-25(23-12-6-2-7-13-23)30-26(31)36(34,35)17-22-10-4-1-5-11-22/h1-16,20-21,33H,17-19H2. The molecular weight excluding hydrogens is 474 g/mol. The summed E-state index contributed by atoms with van der Waals surface area (Å²) in [5.74, 6) is -0.202. The molecule has 1 unspecified atom stereocenters. The number of imidazole rings is 1. The average molecular weight is 500 g/mol. The molecule has 182 valence electrons. The second kappa shape index (κ2) is 9.88. The molecule has 5 rings (SSSR count). The van der Waals surface area contributed by atoms with Crippen LogP contribution in [0.4, 0.5) is 0 Å². The molecule has 0 bridgehead atoms. The van der Waals surface area contributed by atoms with Crippen molar-refractivity contribution in [3.8, 4) is 11.3 Å². The minimum Gasteiger partial charge on any atom is -0.381 e. The molecule has 2 heterocycles. The van der Waals surface area contributed by atoms with Crippen LogP contribution in [0.15, 0.2) is 115 Å². The highest BCUT2D eigenvalue weighted by atomic mass is 32.2. The summed E-state index contributed by atoms with van der Waals surface area (Å²) < 4.78 is 30.3. The van der Waals surface area contributed by atoms with Crippen LogP contribution in [0, 0.1) is 0 Å². The first-order valence-electron chi connectivity index (χ1n) is 11.4. The van der Waals surface area contributed by atoms with Gasteiger partial charge in [0.2, 0.25) is 15.0 Å². The SMILES string of the molecule is O=S(=O)(Cc1ccccc1)c1nc(-c2ccccc2)cn1CC(O)(Cn1cncn1)c1ccccc1. The van der Waals surface area contributed by atoms with Gasteiger partial charge in [-0.1, -0.05) is 91.0 Å². The summed E-state index contributed by atoms with van der Waals surface area (Å²) in [5, 5.41) is 16.0. The monoisotopic (exact) mass is 499 g/mol. The summed E-state index contributed by atoms with van der Waals surface area (Å²) in [5.41, 5.74) is 1.10. The number of aromatic nitrogens is 5. The lowest BCUT2D eigenvalue weighted by atomic mass is 9.93. The van der Waals surface area contributed by atoms with Crippen molar-refractivity contribution in [3.63, 3.8) is 0 Å². The second-order valence-electron chi connectivity index (χ2n) is 8.64. The second-order valence-corrected chi connectivity index (χ2v) is 10.5. The van der Waals surface area contributed by atoms with Gasteiger partial charge in [0, 0.05) is 11.8 Å². The van der Waals surface area contributed by atoms with Gasteiger partial charge in [-0.2, -0.15) is 5.10 Å². The van der Waals surface area contributed by atoms with Gasteiger partial charge in [-0.25, -0.2) is 23.1 Å². The zero-order chi connectivity index (χ0) is 25.0. The lowest BCUT2D eigenvalue weighted by Gasteiger charge is -2.29. The number of aliphatic hydroxyl groups is 1. The Morgan fingerprint density at radius 3 is 2.11 bits per heavy atom. The van der Waals surface area contributed by atoms with E-state index < -0.39 is 15.4 Å². The van der Waals surface area contributed by atoms with E-state index in [1.807, 2.05) is 66.7 Å². The molecule has 0 saturated carbocycles. The first-order chi connectivity index (χ1) is 17.4. The molecule has 0 aliphatic carbocycles. The maximum absolute atomic E-state index is 13.6. The molecule has 1 atom stereocenters. The smallest absolute Gasteiger partial charge is 0.228 e. The minimum atomic E-state index is -3.84. The topological polar surface area (TPSA) is 103 Å². The number of hydrogen-bond donors (Lipinski definition) is 1. The van der Waals surface area contributed by atoms with Gasteiger partial charge in [0.15, 0.2) is 0 Å². The van der Waals surface area contributed by atoms with Crippen LogP contribution in [-0.4, -0.2) is 37.8 Å². The first-order valence-corrected chi connectivity index (χ1v) is 13.1. The predicted octanol–water partition coefficient (Wildman–Crippen LogP) is 3.70. The van der Waals surface area contributed by atoms with Crippen LogP contribution in [0.2, 0.25) is 0 Å². The summed E-state index contributed by atoms with van der Waals surface area (Å²) in [6.45, 7) is 0.0219. The van der Waals surface area contributed by atoms with Crippen molar-refractivity contribution in [1.82, 2.24) is 24.3 Å². The molecule has 0 aliphatic heterocycles. The third kappa shape index (κ3) is 5.12. The van der Waals surface area contributed by atoms with Gasteiger partial charge in [0.1, 0.15) is 18.3 Å². The molecule has 5 aromatic rings. The quantitative estimate of drug-likeness (QED) is 0.332. The molecule has 3 aromatic carbocycles. The van der Waals surface area contributed by atoms with Crippen LogP contribution in [0.3, 0.4) is 0 Å². The van der Waals surface area contributed by atoms with E-state index in [0.717, 1.165) is 5.56 Å². The van der Waals surface area contributed by atoms with Crippen molar-refractivity contribution in [3.05, 3.63) is 121 Å². The number of benzene rings is 3. The van der Waals surface area contributed by atoms with Gasteiger partial charge in [-0.05, 0) is 11.1 Å². The molecular formula is C27H25N5O3S. The normalized spacial score (nSPS) is 13.4. The number of sulfone groups is 1. The molecule has 2 aromatic heterocycles. The largest absolute Gasteiger partial charge is 0.381 e. The maximum atomic E-state index is 13.6. The Morgan fingerprint density at radius 2 is 1.47 bits per heavy atom. The van der Waals surface area contributed by atoms with Gasteiger partial charge in [-0.15, -0.1) is 0 Å². The van der Waals surface area contributed by atoms with Crippen molar-refractivity contribution in [2.45, 2.75) is 29.6 Å². The number of nitrogens with zero attached hydrogens (tertiary/aromatic N) is 5. The molecule has 9 heteroatoms. The van der Waals surface area contributed by atoms with Crippen LogP contribution in [0.5, 0.6) is 0 Å². The van der Waals surface area contributed by atoms with Gasteiger partial charge in [-0.3, -0.25) is 0 Å². The molecule has 0 radical (unpaired) electrons. The van der Waals surface area contributed by atoms with E-state index in [1.54, 1.807) is 30.5 Å². The Hall–Kier alpha value is -4.08. The molecule has 0 spiro atoms. The highest BCUT2D eigenvalue weighted by molar-refractivity contribution is 7.90. The number of rotatable bonds is 9. The highest BCUT2D eigenvalue weighted by Crippen LogP contribution is 2.30. The lowest BCUT2D eigenvalue weighted by molar-refractivity contribution is -0.00442. The molecule has 0 fully saturated rings. The van der Waals surface area contributed by atoms with E-state index in [9.17, 15) is 13.5 Å². The van der Waals surface area contributed by atoms with Crippen LogP contribution < -0.4 is 0 Å². The van der Waals surface area contributed by atoms with Gasteiger partial charge < -0.3 is 9.67 Å². The molecule has 36 heavy (non-hydrogen) atoms. The zero-order valence-electron chi connectivity index (χ0n) is 19.4. The van der Waals surface area contributed by atoms with Crippen LogP contribution >= 0.6 is 0 Å². The van der Waals surface area contributed by atoms with Crippen molar-refractivity contribution < 1.29 is 13.5 Å². The molecule has 0 amide bonds. The Balaban J connectivity index is 1.60. The molecule has 8 nitrogen and oxygen atoms in total. The first kappa shape index (κ1) is 23.7. The fraction of sp³-hybridized carbons (Fsp3) is 0.148. The minimum absolute atomic E-state index is 0.0555. The fourth-order valence-electron chi connectivity index (χ4n) is 4.21. The van der Waals surface area contributed by atoms with Crippen molar-refractivity contribution >= 4 is 9.84 Å². The zero-order valence-corrected chi connectivity index (χ0v) is 20.2. The van der Waals surface area contributed by atoms with E-state index in [-0.39, 0.29) is 24.0 Å². The Labute approximate surface area is 209 Å². The van der Waals surface area contributed by atoms with Crippen LogP contribution in [0.1, 0.15) is 11.1 Å². The third-order valence-corrected chi connectivity index (χ3v) is 7.52. The van der Waals surface area contributed by atoms with Crippen LogP contribution in [0.25, 0.3) is 11.3 Å². The van der Waals surface area contributed by atoms with Gasteiger partial charge in [0.05, 0.1) is 24.5 Å². The molecule has 1 N–H and O–H groups in total. The number of hydrogen-bond acceptors (Lipinski definition) is 6. The van der Waals surface area contributed by atoms with Gasteiger partial charge >= 0.3 is 0 Å². The molecule has 0 saturated heterocycles. The van der Waals surface area contributed by atoms with E-state index in [1.165, 1.54) is 21.9 Å². The summed E-state index contributed by atoms with van der Waals surface area (Å²) >= 11 is 0. The van der Waals surface area contributed by atoms with Crippen LogP contribution in [-0.2, 0) is 34.3 Å².